The summed E-state index contributed by atoms with van der Waals surface area (Å²) in [5, 5.41) is 12.9. The van der Waals surface area contributed by atoms with E-state index in [2.05, 4.69) is 4.98 Å². The molecule has 3 aromatic rings. The topological polar surface area (TPSA) is 60.4 Å². The molecule has 0 fully saturated rings. The minimum Gasteiger partial charge on any atom is -0.358 e. The summed E-state index contributed by atoms with van der Waals surface area (Å²) in [6, 6.07) is 3.05. The molecule has 0 amide bonds. The molecular formula is C11H5F2N3O2S2. The lowest BCUT2D eigenvalue weighted by atomic mass is 10.3. The summed E-state index contributed by atoms with van der Waals surface area (Å²) in [4.78, 5) is 15.2. The van der Waals surface area contributed by atoms with E-state index in [1.54, 1.807) is 5.38 Å². The molecule has 102 valence electrons. The third-order valence-electron chi connectivity index (χ3n) is 2.48. The quantitative estimate of drug-likeness (QED) is 0.546. The van der Waals surface area contributed by atoms with Gasteiger partial charge in [-0.25, -0.2) is 8.78 Å². The number of imidazole rings is 1. The highest BCUT2D eigenvalue weighted by Gasteiger charge is 2.25. The predicted molar refractivity (Wildman–Crippen MR) is 70.2 cm³/mol. The van der Waals surface area contributed by atoms with Crippen LogP contribution in [0.1, 0.15) is 0 Å². The van der Waals surface area contributed by atoms with Gasteiger partial charge in [-0.3, -0.25) is 0 Å². The van der Waals surface area contributed by atoms with Crippen LogP contribution in [0.2, 0.25) is 0 Å². The number of benzene rings is 1. The average Bonchev–Trinajstić information content (AvgIpc) is 2.91. The van der Waals surface area contributed by atoms with E-state index in [-0.39, 0.29) is 15.7 Å². The molecule has 0 radical (unpaired) electrons. The van der Waals surface area contributed by atoms with Crippen molar-refractivity contribution in [3.63, 3.8) is 0 Å². The van der Waals surface area contributed by atoms with Crippen LogP contribution in [-0.4, -0.2) is 14.3 Å². The van der Waals surface area contributed by atoms with E-state index in [1.807, 2.05) is 0 Å². The normalized spacial score (nSPS) is 11.1. The molecule has 0 atom stereocenters. The zero-order valence-corrected chi connectivity index (χ0v) is 11.3. The van der Waals surface area contributed by atoms with E-state index >= 15 is 0 Å². The molecule has 2 heterocycles. The van der Waals surface area contributed by atoms with E-state index in [1.165, 1.54) is 28.0 Å². The molecular weight excluding hydrogens is 308 g/mol. The highest BCUT2D eigenvalue weighted by atomic mass is 32.2. The minimum atomic E-state index is -0.777. The Balaban J connectivity index is 2.08. The van der Waals surface area contributed by atoms with Crippen molar-refractivity contribution in [2.24, 2.45) is 0 Å². The van der Waals surface area contributed by atoms with Gasteiger partial charge in [-0.2, -0.15) is 9.38 Å². The summed E-state index contributed by atoms with van der Waals surface area (Å²) in [7, 11) is 0. The predicted octanol–water partition coefficient (Wildman–Crippen LogP) is 3.73. The van der Waals surface area contributed by atoms with Gasteiger partial charge in [0.1, 0.15) is 17.8 Å². The lowest BCUT2D eigenvalue weighted by molar-refractivity contribution is -0.393. The first-order valence-corrected chi connectivity index (χ1v) is 6.98. The van der Waals surface area contributed by atoms with Crippen LogP contribution in [0.15, 0.2) is 39.7 Å². The van der Waals surface area contributed by atoms with E-state index in [0.717, 1.165) is 23.9 Å². The van der Waals surface area contributed by atoms with Crippen molar-refractivity contribution >= 4 is 33.9 Å². The Bertz CT molecular complexity index is 815. The minimum absolute atomic E-state index is 0.0763. The first-order valence-electron chi connectivity index (χ1n) is 5.29. The molecule has 0 aliphatic rings. The SMILES string of the molecule is O=[N+]([O-])c1c(Sc2ccc(F)cc2F)nc2sccn12. The van der Waals surface area contributed by atoms with Crippen molar-refractivity contribution in [1.29, 1.82) is 0 Å². The molecule has 0 N–H and O–H groups in total. The van der Waals surface area contributed by atoms with Gasteiger partial charge in [0.25, 0.3) is 4.96 Å². The number of rotatable bonds is 3. The second-order valence-corrected chi connectivity index (χ2v) is 5.63. The van der Waals surface area contributed by atoms with Crippen LogP contribution in [0.4, 0.5) is 14.6 Å². The molecule has 0 unspecified atom stereocenters. The molecule has 20 heavy (non-hydrogen) atoms. The Morgan fingerprint density at radius 2 is 2.20 bits per heavy atom. The van der Waals surface area contributed by atoms with Crippen LogP contribution in [0.5, 0.6) is 0 Å². The van der Waals surface area contributed by atoms with Gasteiger partial charge >= 0.3 is 5.82 Å². The van der Waals surface area contributed by atoms with Crippen LogP contribution < -0.4 is 0 Å². The number of aromatic nitrogens is 2. The molecule has 1 aromatic carbocycles. The Kier molecular flexibility index (Phi) is 3.14. The summed E-state index contributed by atoms with van der Waals surface area (Å²) >= 11 is 2.04. The number of hydrogen-bond acceptors (Lipinski definition) is 5. The second kappa shape index (κ2) is 4.84. The van der Waals surface area contributed by atoms with E-state index in [0.29, 0.717) is 4.96 Å². The van der Waals surface area contributed by atoms with Crippen LogP contribution in [0.25, 0.3) is 4.96 Å². The van der Waals surface area contributed by atoms with Gasteiger partial charge in [0, 0.05) is 11.4 Å². The van der Waals surface area contributed by atoms with Gasteiger partial charge in [-0.1, -0.05) is 23.1 Å². The first-order chi connectivity index (χ1) is 9.56. The highest BCUT2D eigenvalue weighted by Crippen LogP contribution is 2.37. The molecule has 9 heteroatoms. The van der Waals surface area contributed by atoms with E-state index in [9.17, 15) is 18.9 Å². The van der Waals surface area contributed by atoms with Crippen molar-refractivity contribution in [1.82, 2.24) is 9.38 Å². The maximum absolute atomic E-state index is 13.6. The second-order valence-electron chi connectivity index (χ2n) is 3.73. The number of hydrogen-bond donors (Lipinski definition) is 0. The fourth-order valence-corrected chi connectivity index (χ4v) is 3.31. The van der Waals surface area contributed by atoms with Gasteiger partial charge < -0.3 is 10.1 Å². The number of halogens is 2. The van der Waals surface area contributed by atoms with Crippen LogP contribution in [0.3, 0.4) is 0 Å². The summed E-state index contributed by atoms with van der Waals surface area (Å²) in [5.41, 5.74) is 0. The number of nitrogens with zero attached hydrogens (tertiary/aromatic N) is 3. The molecule has 5 nitrogen and oxygen atoms in total. The van der Waals surface area contributed by atoms with Crippen LogP contribution in [0, 0.1) is 21.7 Å². The summed E-state index contributed by atoms with van der Waals surface area (Å²) in [6.07, 6.45) is 1.52. The maximum atomic E-state index is 13.6. The molecule has 0 bridgehead atoms. The lowest BCUT2D eigenvalue weighted by Crippen LogP contribution is -1.94. The fourth-order valence-electron chi connectivity index (χ4n) is 1.65. The smallest absolute Gasteiger partial charge is 0.358 e. The summed E-state index contributed by atoms with van der Waals surface area (Å²) < 4.78 is 27.8. The third kappa shape index (κ3) is 2.14. The van der Waals surface area contributed by atoms with Gasteiger partial charge in [-0.05, 0) is 17.1 Å². The Morgan fingerprint density at radius 3 is 2.90 bits per heavy atom. The number of nitro groups is 1. The largest absolute Gasteiger partial charge is 0.363 e. The maximum Gasteiger partial charge on any atom is 0.363 e. The average molecular weight is 313 g/mol. The van der Waals surface area contributed by atoms with Crippen molar-refractivity contribution in [2.45, 2.75) is 9.92 Å². The molecule has 0 aliphatic carbocycles. The Labute approximate surface area is 119 Å². The summed E-state index contributed by atoms with van der Waals surface area (Å²) in [6.45, 7) is 0. The van der Waals surface area contributed by atoms with Crippen molar-refractivity contribution < 1.29 is 13.7 Å². The van der Waals surface area contributed by atoms with Crippen molar-refractivity contribution in [3.8, 4) is 0 Å². The monoisotopic (exact) mass is 313 g/mol. The van der Waals surface area contributed by atoms with Crippen molar-refractivity contribution in [2.75, 3.05) is 0 Å². The standard InChI is InChI=1S/C11H5F2N3O2S2/c12-6-1-2-8(7(13)5-6)20-9-10(16(17)18)15-3-4-19-11(15)14-9/h1-5H. The highest BCUT2D eigenvalue weighted by molar-refractivity contribution is 7.99. The number of thiazole rings is 1. The Hall–Kier alpha value is -2.00. The first kappa shape index (κ1) is 13.0. The molecule has 0 saturated heterocycles. The lowest BCUT2D eigenvalue weighted by Gasteiger charge is -2.00. The van der Waals surface area contributed by atoms with E-state index < -0.39 is 16.6 Å². The van der Waals surface area contributed by atoms with Crippen LogP contribution >= 0.6 is 23.1 Å². The van der Waals surface area contributed by atoms with Gasteiger partial charge in [0.15, 0.2) is 0 Å². The zero-order valence-electron chi connectivity index (χ0n) is 9.62. The molecule has 2 aromatic heterocycles. The van der Waals surface area contributed by atoms with Gasteiger partial charge in [-0.15, -0.1) is 0 Å². The van der Waals surface area contributed by atoms with E-state index in [4.69, 9.17) is 0 Å². The Morgan fingerprint density at radius 1 is 1.40 bits per heavy atom. The zero-order chi connectivity index (χ0) is 14.3. The number of fused-ring (bicyclic) bond motifs is 1. The molecule has 0 saturated carbocycles. The third-order valence-corrected chi connectivity index (χ3v) is 4.25. The van der Waals surface area contributed by atoms with Gasteiger partial charge in [0.05, 0.1) is 4.90 Å². The molecule has 0 aliphatic heterocycles. The molecule has 0 spiro atoms. The van der Waals surface area contributed by atoms with Crippen molar-refractivity contribution in [3.05, 3.63) is 51.5 Å². The summed E-state index contributed by atoms with van der Waals surface area (Å²) in [5.74, 6) is -1.71. The fraction of sp³-hybridized carbons (Fsp3) is 0. The van der Waals surface area contributed by atoms with Crippen LogP contribution in [-0.2, 0) is 0 Å². The van der Waals surface area contributed by atoms with Gasteiger partial charge in [0.2, 0.25) is 5.03 Å². The molecule has 3 rings (SSSR count).